The van der Waals surface area contributed by atoms with Crippen molar-refractivity contribution in [2.45, 2.75) is 26.5 Å². The van der Waals surface area contributed by atoms with Gasteiger partial charge in [-0.1, -0.05) is 36.4 Å². The number of hydrogen-bond acceptors (Lipinski definition) is 4. The largest absolute Gasteiger partial charge is 0.507 e. The fraction of sp³-hybridized carbons (Fsp3) is 0.263. The van der Waals surface area contributed by atoms with E-state index in [-0.39, 0.29) is 17.2 Å². The first-order chi connectivity index (χ1) is 11.4. The molecule has 0 saturated heterocycles. The standard InChI is InChI=1S/C19H21NO4/c1-13-9-10-16(17(21)11-13)19(23)24-14(2)18(22)20(3)12-15-7-5-4-6-8-15/h4-11,14,21H,12H2,1-3H3/t14-/m0/s1. The van der Waals surface area contributed by atoms with Crippen molar-refractivity contribution >= 4 is 11.9 Å². The molecular weight excluding hydrogens is 306 g/mol. The quantitative estimate of drug-likeness (QED) is 0.858. The number of phenolic OH excluding ortho intramolecular Hbond substituents is 1. The third-order valence-electron chi connectivity index (χ3n) is 3.64. The molecule has 1 atom stereocenters. The Morgan fingerprint density at radius 3 is 2.46 bits per heavy atom. The molecule has 0 saturated carbocycles. The summed E-state index contributed by atoms with van der Waals surface area (Å²) in [5.74, 6) is -1.18. The lowest BCUT2D eigenvalue weighted by Crippen LogP contribution is -2.37. The van der Waals surface area contributed by atoms with Gasteiger partial charge in [0.25, 0.3) is 5.91 Å². The Balaban J connectivity index is 1.99. The van der Waals surface area contributed by atoms with E-state index in [4.69, 9.17) is 4.74 Å². The molecule has 0 fully saturated rings. The maximum absolute atomic E-state index is 12.3. The number of phenols is 1. The molecule has 0 radical (unpaired) electrons. The SMILES string of the molecule is Cc1ccc(C(=O)O[C@@H](C)C(=O)N(C)Cc2ccccc2)c(O)c1. The molecule has 2 rings (SSSR count). The molecule has 0 aliphatic rings. The van der Waals surface area contributed by atoms with Crippen LogP contribution in [0, 0.1) is 6.92 Å². The third-order valence-corrected chi connectivity index (χ3v) is 3.64. The van der Waals surface area contributed by atoms with Crippen LogP contribution in [0.5, 0.6) is 5.75 Å². The van der Waals surface area contributed by atoms with Gasteiger partial charge in [0.2, 0.25) is 0 Å². The lowest BCUT2D eigenvalue weighted by atomic mass is 10.1. The second-order valence-corrected chi connectivity index (χ2v) is 5.75. The Morgan fingerprint density at radius 2 is 1.83 bits per heavy atom. The fourth-order valence-electron chi connectivity index (χ4n) is 2.33. The van der Waals surface area contributed by atoms with Crippen LogP contribution in [0.2, 0.25) is 0 Å². The molecule has 1 N–H and O–H groups in total. The number of benzene rings is 2. The van der Waals surface area contributed by atoms with Crippen molar-refractivity contribution < 1.29 is 19.4 Å². The smallest absolute Gasteiger partial charge is 0.342 e. The van der Waals surface area contributed by atoms with Gasteiger partial charge in [-0.25, -0.2) is 4.79 Å². The van der Waals surface area contributed by atoms with Crippen LogP contribution in [0.4, 0.5) is 0 Å². The van der Waals surface area contributed by atoms with Crippen LogP contribution in [-0.2, 0) is 16.1 Å². The minimum atomic E-state index is -0.938. The molecule has 0 spiro atoms. The van der Waals surface area contributed by atoms with Gasteiger partial charge < -0.3 is 14.7 Å². The van der Waals surface area contributed by atoms with Crippen LogP contribution in [0.3, 0.4) is 0 Å². The van der Waals surface area contributed by atoms with Gasteiger partial charge in [-0.3, -0.25) is 4.79 Å². The van der Waals surface area contributed by atoms with E-state index < -0.39 is 12.1 Å². The van der Waals surface area contributed by atoms with E-state index in [1.54, 1.807) is 20.0 Å². The van der Waals surface area contributed by atoms with Gasteiger partial charge in [-0.15, -0.1) is 0 Å². The second kappa shape index (κ2) is 7.64. The highest BCUT2D eigenvalue weighted by atomic mass is 16.5. The molecule has 2 aromatic carbocycles. The summed E-state index contributed by atoms with van der Waals surface area (Å²) in [6, 6.07) is 14.2. The number of carbonyl (C=O) groups excluding carboxylic acids is 2. The van der Waals surface area contributed by atoms with Gasteiger partial charge in [0.1, 0.15) is 11.3 Å². The zero-order valence-electron chi connectivity index (χ0n) is 14.0. The van der Waals surface area contributed by atoms with Gasteiger partial charge in [0.05, 0.1) is 0 Å². The van der Waals surface area contributed by atoms with Gasteiger partial charge in [-0.2, -0.15) is 0 Å². The lowest BCUT2D eigenvalue weighted by Gasteiger charge is -2.21. The van der Waals surface area contributed by atoms with Gasteiger partial charge >= 0.3 is 5.97 Å². The van der Waals surface area contributed by atoms with E-state index in [1.165, 1.54) is 24.0 Å². The molecule has 0 aromatic heterocycles. The Labute approximate surface area is 141 Å². The third kappa shape index (κ3) is 4.35. The van der Waals surface area contributed by atoms with Crippen LogP contribution in [0.15, 0.2) is 48.5 Å². The predicted molar refractivity (Wildman–Crippen MR) is 90.6 cm³/mol. The first-order valence-corrected chi connectivity index (χ1v) is 7.68. The number of likely N-dealkylation sites (N-methyl/N-ethyl adjacent to an activating group) is 1. The van der Waals surface area contributed by atoms with E-state index in [9.17, 15) is 14.7 Å². The monoisotopic (exact) mass is 327 g/mol. The summed E-state index contributed by atoms with van der Waals surface area (Å²) in [6.45, 7) is 3.75. The second-order valence-electron chi connectivity index (χ2n) is 5.75. The molecule has 1 amide bonds. The average Bonchev–Trinajstić information content (AvgIpc) is 2.54. The first-order valence-electron chi connectivity index (χ1n) is 7.68. The molecule has 5 heteroatoms. The summed E-state index contributed by atoms with van der Waals surface area (Å²) < 4.78 is 5.19. The summed E-state index contributed by atoms with van der Waals surface area (Å²) in [5, 5.41) is 9.82. The highest BCUT2D eigenvalue weighted by Gasteiger charge is 2.23. The van der Waals surface area contributed by atoms with Crippen LogP contribution in [-0.4, -0.2) is 35.0 Å². The molecule has 24 heavy (non-hydrogen) atoms. The first kappa shape index (κ1) is 17.5. The summed E-state index contributed by atoms with van der Waals surface area (Å²) in [5.41, 5.74) is 1.87. The van der Waals surface area contributed by atoms with Crippen molar-refractivity contribution in [2.75, 3.05) is 7.05 Å². The molecule has 126 valence electrons. The number of hydrogen-bond donors (Lipinski definition) is 1. The van der Waals surface area contributed by atoms with Crippen LogP contribution in [0.25, 0.3) is 0 Å². The molecule has 0 aliphatic heterocycles. The van der Waals surface area contributed by atoms with Gasteiger partial charge in [0.15, 0.2) is 6.10 Å². The summed E-state index contributed by atoms with van der Waals surface area (Å²) in [4.78, 5) is 26.0. The average molecular weight is 327 g/mol. The minimum absolute atomic E-state index is 0.0472. The predicted octanol–water partition coefficient (Wildman–Crippen LogP) is 2.90. The van der Waals surface area contributed by atoms with Gasteiger partial charge in [0, 0.05) is 13.6 Å². The van der Waals surface area contributed by atoms with E-state index in [2.05, 4.69) is 0 Å². The molecule has 0 unspecified atom stereocenters. The Morgan fingerprint density at radius 1 is 1.17 bits per heavy atom. The molecule has 5 nitrogen and oxygen atoms in total. The zero-order chi connectivity index (χ0) is 17.7. The molecule has 0 heterocycles. The van der Waals surface area contributed by atoms with E-state index in [1.807, 2.05) is 30.3 Å². The Bertz CT molecular complexity index is 727. The summed E-state index contributed by atoms with van der Waals surface area (Å²) in [6.07, 6.45) is -0.938. The Kier molecular flexibility index (Phi) is 5.58. The normalized spacial score (nSPS) is 11.6. The number of rotatable bonds is 5. The van der Waals surface area contributed by atoms with Crippen LogP contribution >= 0.6 is 0 Å². The molecular formula is C19H21NO4. The number of esters is 1. The highest BCUT2D eigenvalue weighted by Crippen LogP contribution is 2.20. The van der Waals surface area contributed by atoms with E-state index >= 15 is 0 Å². The summed E-state index contributed by atoms with van der Waals surface area (Å²) >= 11 is 0. The molecule has 0 aliphatic carbocycles. The van der Waals surface area contributed by atoms with Crippen molar-refractivity contribution in [3.8, 4) is 5.75 Å². The van der Waals surface area contributed by atoms with Gasteiger partial charge in [-0.05, 0) is 37.1 Å². The fourth-order valence-corrected chi connectivity index (χ4v) is 2.33. The summed E-state index contributed by atoms with van der Waals surface area (Å²) in [7, 11) is 1.66. The maximum atomic E-state index is 12.3. The molecule has 0 bridgehead atoms. The van der Waals surface area contributed by atoms with Crippen LogP contribution < -0.4 is 0 Å². The highest BCUT2D eigenvalue weighted by molar-refractivity contribution is 5.94. The number of nitrogens with zero attached hydrogens (tertiary/aromatic N) is 1. The number of aromatic hydroxyl groups is 1. The van der Waals surface area contributed by atoms with Crippen molar-refractivity contribution in [3.05, 3.63) is 65.2 Å². The Hall–Kier alpha value is -2.82. The molecule has 2 aromatic rings. The van der Waals surface area contributed by atoms with Crippen molar-refractivity contribution in [1.29, 1.82) is 0 Å². The van der Waals surface area contributed by atoms with Crippen LogP contribution in [0.1, 0.15) is 28.4 Å². The minimum Gasteiger partial charge on any atom is -0.507 e. The number of amides is 1. The van der Waals surface area contributed by atoms with Crippen molar-refractivity contribution in [2.24, 2.45) is 0 Å². The maximum Gasteiger partial charge on any atom is 0.342 e. The van der Waals surface area contributed by atoms with E-state index in [0.717, 1.165) is 11.1 Å². The lowest BCUT2D eigenvalue weighted by molar-refractivity contribution is -0.139. The van der Waals surface area contributed by atoms with Crippen molar-refractivity contribution in [3.63, 3.8) is 0 Å². The van der Waals surface area contributed by atoms with E-state index in [0.29, 0.717) is 6.54 Å². The number of carbonyl (C=O) groups is 2. The van der Waals surface area contributed by atoms with Crippen molar-refractivity contribution in [1.82, 2.24) is 4.90 Å². The topological polar surface area (TPSA) is 66.8 Å². The number of aryl methyl sites for hydroxylation is 1. The number of ether oxygens (including phenoxy) is 1. The zero-order valence-corrected chi connectivity index (χ0v) is 14.0.